The van der Waals surface area contributed by atoms with Crippen LogP contribution in [0.2, 0.25) is 5.02 Å². The van der Waals surface area contributed by atoms with E-state index in [9.17, 15) is 8.42 Å². The number of aromatic nitrogens is 2. The van der Waals surface area contributed by atoms with Gasteiger partial charge in [0.2, 0.25) is 5.13 Å². The van der Waals surface area contributed by atoms with E-state index in [1.54, 1.807) is 12.1 Å². The largest absolute Gasteiger partial charge is 0.360 e. The van der Waals surface area contributed by atoms with Gasteiger partial charge in [0.05, 0.1) is 4.90 Å². The standard InChI is InChI=1S/C18H18ClN3O2S2/c1-26(23,24)16-8-4-13(5-9-16)10-11-20-18-22-21-17(25-18)12-14-2-6-15(19)7-3-14/h2-9H,10-12H2,1H3,(H,20,22). The fourth-order valence-corrected chi connectivity index (χ4v) is 3.95. The van der Waals surface area contributed by atoms with Crippen molar-refractivity contribution in [2.75, 3.05) is 18.1 Å². The maximum Gasteiger partial charge on any atom is 0.205 e. The highest BCUT2D eigenvalue weighted by molar-refractivity contribution is 7.90. The van der Waals surface area contributed by atoms with Crippen molar-refractivity contribution in [3.63, 3.8) is 0 Å². The predicted molar refractivity (Wildman–Crippen MR) is 106 cm³/mol. The van der Waals surface area contributed by atoms with Gasteiger partial charge in [-0.2, -0.15) is 0 Å². The lowest BCUT2D eigenvalue weighted by atomic mass is 10.1. The summed E-state index contributed by atoms with van der Waals surface area (Å²) in [5, 5.41) is 14.1. The Morgan fingerprint density at radius 2 is 1.65 bits per heavy atom. The molecule has 0 aliphatic carbocycles. The van der Waals surface area contributed by atoms with Gasteiger partial charge in [-0.3, -0.25) is 0 Å². The molecule has 2 aromatic carbocycles. The topological polar surface area (TPSA) is 72.0 Å². The minimum absolute atomic E-state index is 0.338. The van der Waals surface area contributed by atoms with Crippen molar-refractivity contribution in [1.82, 2.24) is 10.2 Å². The normalized spacial score (nSPS) is 11.5. The van der Waals surface area contributed by atoms with Crippen LogP contribution in [0.3, 0.4) is 0 Å². The molecule has 136 valence electrons. The number of nitrogens with one attached hydrogen (secondary N) is 1. The van der Waals surface area contributed by atoms with Gasteiger partial charge < -0.3 is 5.32 Å². The summed E-state index contributed by atoms with van der Waals surface area (Å²) in [6.07, 6.45) is 2.71. The second-order valence-corrected chi connectivity index (χ2v) is 9.41. The highest BCUT2D eigenvalue weighted by Crippen LogP contribution is 2.20. The van der Waals surface area contributed by atoms with E-state index in [0.717, 1.165) is 39.1 Å². The third-order valence-electron chi connectivity index (χ3n) is 3.78. The minimum atomic E-state index is -3.15. The van der Waals surface area contributed by atoms with Gasteiger partial charge in [-0.1, -0.05) is 47.2 Å². The predicted octanol–water partition coefficient (Wildman–Crippen LogP) is 3.84. The summed E-state index contributed by atoms with van der Waals surface area (Å²) in [4.78, 5) is 0.338. The van der Waals surface area contributed by atoms with Crippen molar-refractivity contribution in [2.24, 2.45) is 0 Å². The summed E-state index contributed by atoms with van der Waals surface area (Å²) in [6.45, 7) is 0.702. The lowest BCUT2D eigenvalue weighted by Crippen LogP contribution is -2.05. The number of anilines is 1. The van der Waals surface area contributed by atoms with Gasteiger partial charge in [0.25, 0.3) is 0 Å². The van der Waals surface area contributed by atoms with Crippen molar-refractivity contribution < 1.29 is 8.42 Å². The van der Waals surface area contributed by atoms with Gasteiger partial charge in [-0.15, -0.1) is 10.2 Å². The molecule has 0 unspecified atom stereocenters. The molecule has 0 aliphatic heterocycles. The molecule has 1 heterocycles. The molecule has 0 aliphatic rings. The van der Waals surface area contributed by atoms with Gasteiger partial charge in [-0.05, 0) is 41.8 Å². The van der Waals surface area contributed by atoms with Crippen molar-refractivity contribution in [3.05, 3.63) is 69.7 Å². The van der Waals surface area contributed by atoms with Gasteiger partial charge in [0.1, 0.15) is 5.01 Å². The summed E-state index contributed by atoms with van der Waals surface area (Å²) in [6, 6.07) is 14.7. The minimum Gasteiger partial charge on any atom is -0.360 e. The molecular weight excluding hydrogens is 390 g/mol. The van der Waals surface area contributed by atoms with Crippen LogP contribution in [-0.4, -0.2) is 31.4 Å². The zero-order chi connectivity index (χ0) is 18.6. The summed E-state index contributed by atoms with van der Waals surface area (Å²) in [7, 11) is -3.15. The molecule has 8 heteroatoms. The van der Waals surface area contributed by atoms with Crippen molar-refractivity contribution in [2.45, 2.75) is 17.7 Å². The molecule has 3 rings (SSSR count). The summed E-state index contributed by atoms with van der Waals surface area (Å²) < 4.78 is 22.9. The molecule has 0 spiro atoms. The number of halogens is 1. The van der Waals surface area contributed by atoms with Gasteiger partial charge in [0, 0.05) is 24.2 Å². The van der Waals surface area contributed by atoms with Gasteiger partial charge in [0.15, 0.2) is 9.84 Å². The van der Waals surface area contributed by atoms with Gasteiger partial charge in [-0.25, -0.2) is 8.42 Å². The summed E-state index contributed by atoms with van der Waals surface area (Å²) in [5.74, 6) is 0. The van der Waals surface area contributed by atoms with Crippen LogP contribution in [0.15, 0.2) is 53.4 Å². The Morgan fingerprint density at radius 1 is 1.00 bits per heavy atom. The van der Waals surface area contributed by atoms with Crippen LogP contribution in [0.4, 0.5) is 5.13 Å². The summed E-state index contributed by atoms with van der Waals surface area (Å²) >= 11 is 7.42. The van der Waals surface area contributed by atoms with E-state index >= 15 is 0 Å². The SMILES string of the molecule is CS(=O)(=O)c1ccc(CCNc2nnc(Cc3ccc(Cl)cc3)s2)cc1. The van der Waals surface area contributed by atoms with Crippen LogP contribution in [0, 0.1) is 0 Å². The smallest absolute Gasteiger partial charge is 0.205 e. The number of benzene rings is 2. The van der Waals surface area contributed by atoms with Gasteiger partial charge >= 0.3 is 0 Å². The number of hydrogen-bond donors (Lipinski definition) is 1. The zero-order valence-electron chi connectivity index (χ0n) is 14.1. The number of hydrogen-bond acceptors (Lipinski definition) is 6. The molecule has 3 aromatic rings. The molecule has 0 saturated carbocycles. The van der Waals surface area contributed by atoms with Crippen LogP contribution >= 0.6 is 22.9 Å². The molecule has 0 radical (unpaired) electrons. The maximum atomic E-state index is 11.5. The molecule has 0 atom stereocenters. The van der Waals surface area contributed by atoms with Crippen LogP contribution in [0.1, 0.15) is 16.1 Å². The van der Waals surface area contributed by atoms with E-state index in [0.29, 0.717) is 11.4 Å². The Hall–Kier alpha value is -1.96. The van der Waals surface area contributed by atoms with E-state index in [1.165, 1.54) is 17.6 Å². The van der Waals surface area contributed by atoms with Crippen LogP contribution in [0.25, 0.3) is 0 Å². The molecule has 0 amide bonds. The lowest BCUT2D eigenvalue weighted by molar-refractivity contribution is 0.602. The van der Waals surface area contributed by atoms with Crippen LogP contribution in [-0.2, 0) is 22.7 Å². The second kappa shape index (κ2) is 8.16. The molecule has 0 fully saturated rings. The Bertz CT molecular complexity index is 968. The average Bonchev–Trinajstić information content (AvgIpc) is 3.04. The highest BCUT2D eigenvalue weighted by Gasteiger charge is 2.07. The van der Waals surface area contributed by atoms with E-state index in [2.05, 4.69) is 15.5 Å². The van der Waals surface area contributed by atoms with Crippen LogP contribution in [0.5, 0.6) is 0 Å². The first kappa shape index (κ1) is 18.8. The van der Waals surface area contributed by atoms with Crippen molar-refractivity contribution in [1.29, 1.82) is 0 Å². The molecule has 1 N–H and O–H groups in total. The zero-order valence-corrected chi connectivity index (χ0v) is 16.5. The molecular formula is C18H18ClN3O2S2. The van der Waals surface area contributed by atoms with E-state index < -0.39 is 9.84 Å². The summed E-state index contributed by atoms with van der Waals surface area (Å²) in [5.41, 5.74) is 2.21. The average molecular weight is 408 g/mol. The number of sulfone groups is 1. The first-order valence-corrected chi connectivity index (χ1v) is 11.1. The van der Waals surface area contributed by atoms with E-state index in [-0.39, 0.29) is 0 Å². The molecule has 5 nitrogen and oxygen atoms in total. The fourth-order valence-electron chi connectivity index (χ4n) is 2.39. The van der Waals surface area contributed by atoms with E-state index in [1.807, 2.05) is 36.4 Å². The maximum absolute atomic E-state index is 11.5. The third kappa shape index (κ3) is 5.27. The molecule has 0 saturated heterocycles. The fraction of sp³-hybridized carbons (Fsp3) is 0.222. The Labute approximate surface area is 162 Å². The van der Waals surface area contributed by atoms with Crippen LogP contribution < -0.4 is 5.32 Å². The third-order valence-corrected chi connectivity index (χ3v) is 6.04. The molecule has 0 bridgehead atoms. The molecule has 26 heavy (non-hydrogen) atoms. The Balaban J connectivity index is 1.51. The van der Waals surface area contributed by atoms with Crippen molar-refractivity contribution >= 4 is 37.9 Å². The monoisotopic (exact) mass is 407 g/mol. The first-order valence-electron chi connectivity index (χ1n) is 8.00. The molecule has 1 aromatic heterocycles. The Morgan fingerprint density at radius 3 is 2.31 bits per heavy atom. The van der Waals surface area contributed by atoms with Crippen molar-refractivity contribution in [3.8, 4) is 0 Å². The highest BCUT2D eigenvalue weighted by atomic mass is 35.5. The lowest BCUT2D eigenvalue weighted by Gasteiger charge is -2.04. The number of nitrogens with zero attached hydrogens (tertiary/aromatic N) is 2. The van der Waals surface area contributed by atoms with E-state index in [4.69, 9.17) is 11.6 Å². The number of rotatable bonds is 7. The Kier molecular flexibility index (Phi) is 5.90. The quantitative estimate of drug-likeness (QED) is 0.644. The first-order chi connectivity index (χ1) is 12.4. The second-order valence-electron chi connectivity index (χ2n) is 5.90.